The van der Waals surface area contributed by atoms with E-state index in [4.69, 9.17) is 0 Å². The standard InChI is InChI=1S/C23H29N5O3.HI/c1-2-24-23(25-15-19-9-6-10-21(13-19)28(30)31)26-16-20-14-22(29)27(17-20)12-11-18-7-4-3-5-8-18;/h3-10,13,20H,2,11-12,14-17H2,1H3,(H2,24,25,26);1H. The number of amides is 1. The highest BCUT2D eigenvalue weighted by Crippen LogP contribution is 2.18. The number of likely N-dealkylation sites (tertiary alicyclic amines) is 1. The van der Waals surface area contributed by atoms with Gasteiger partial charge in [-0.05, 0) is 24.5 Å². The molecule has 1 unspecified atom stereocenters. The van der Waals surface area contributed by atoms with Crippen LogP contribution in [-0.2, 0) is 17.8 Å². The number of rotatable bonds is 9. The number of hydrogen-bond acceptors (Lipinski definition) is 4. The average molecular weight is 551 g/mol. The minimum Gasteiger partial charge on any atom is -0.357 e. The number of carbonyl (C=O) groups is 1. The normalized spacial score (nSPS) is 15.9. The Labute approximate surface area is 205 Å². The number of nitro benzene ring substituents is 1. The van der Waals surface area contributed by atoms with Crippen molar-refractivity contribution in [1.82, 2.24) is 15.5 Å². The fourth-order valence-corrected chi connectivity index (χ4v) is 3.64. The zero-order chi connectivity index (χ0) is 22.1. The summed E-state index contributed by atoms with van der Waals surface area (Å²) >= 11 is 0. The van der Waals surface area contributed by atoms with Crippen LogP contribution in [-0.4, -0.2) is 47.9 Å². The van der Waals surface area contributed by atoms with Crippen molar-refractivity contribution in [1.29, 1.82) is 0 Å². The van der Waals surface area contributed by atoms with Crippen molar-refractivity contribution in [2.24, 2.45) is 10.9 Å². The van der Waals surface area contributed by atoms with Gasteiger partial charge in [0.25, 0.3) is 5.69 Å². The molecule has 0 aliphatic carbocycles. The van der Waals surface area contributed by atoms with Crippen molar-refractivity contribution in [3.8, 4) is 0 Å². The molecule has 8 nitrogen and oxygen atoms in total. The molecule has 2 aromatic rings. The summed E-state index contributed by atoms with van der Waals surface area (Å²) in [4.78, 5) is 29.4. The number of hydrogen-bond donors (Lipinski definition) is 2. The third-order valence-electron chi connectivity index (χ3n) is 5.25. The molecule has 0 bridgehead atoms. The van der Waals surface area contributed by atoms with Crippen LogP contribution in [0.5, 0.6) is 0 Å². The molecule has 1 amide bonds. The molecule has 3 rings (SSSR count). The lowest BCUT2D eigenvalue weighted by Gasteiger charge is -2.18. The lowest BCUT2D eigenvalue weighted by atomic mass is 10.1. The molecular weight excluding hydrogens is 521 g/mol. The number of non-ortho nitro benzene ring substituents is 1. The third kappa shape index (κ3) is 7.77. The van der Waals surface area contributed by atoms with Crippen LogP contribution in [0.15, 0.2) is 59.6 Å². The third-order valence-corrected chi connectivity index (χ3v) is 5.25. The van der Waals surface area contributed by atoms with E-state index in [-0.39, 0.29) is 41.5 Å². The molecule has 0 spiro atoms. The molecule has 9 heteroatoms. The first-order valence-electron chi connectivity index (χ1n) is 10.6. The minimum absolute atomic E-state index is 0. The summed E-state index contributed by atoms with van der Waals surface area (Å²) in [6.45, 7) is 5.14. The summed E-state index contributed by atoms with van der Waals surface area (Å²) in [5.41, 5.74) is 2.07. The number of nitrogens with one attached hydrogen (secondary N) is 2. The first-order chi connectivity index (χ1) is 15.0. The van der Waals surface area contributed by atoms with Crippen LogP contribution in [0.4, 0.5) is 5.69 Å². The van der Waals surface area contributed by atoms with Gasteiger partial charge in [-0.2, -0.15) is 0 Å². The van der Waals surface area contributed by atoms with E-state index in [0.29, 0.717) is 32.0 Å². The molecular formula is C23H30IN5O3. The maximum Gasteiger partial charge on any atom is 0.269 e. The van der Waals surface area contributed by atoms with E-state index in [1.54, 1.807) is 6.07 Å². The van der Waals surface area contributed by atoms with Gasteiger partial charge in [-0.3, -0.25) is 14.9 Å². The van der Waals surface area contributed by atoms with Gasteiger partial charge in [0.2, 0.25) is 5.91 Å². The average Bonchev–Trinajstić information content (AvgIpc) is 3.14. The second-order valence-electron chi connectivity index (χ2n) is 7.65. The molecule has 2 N–H and O–H groups in total. The number of nitrogens with zero attached hydrogens (tertiary/aromatic N) is 3. The monoisotopic (exact) mass is 551 g/mol. The SMILES string of the molecule is CCNC(=NCc1cccc([N+](=O)[O-])c1)NCC1CC(=O)N(CCc2ccccc2)C1.I. The molecule has 0 radical (unpaired) electrons. The summed E-state index contributed by atoms with van der Waals surface area (Å²) in [6, 6.07) is 16.7. The molecule has 1 atom stereocenters. The van der Waals surface area contributed by atoms with Gasteiger partial charge in [-0.15, -0.1) is 24.0 Å². The first-order valence-corrected chi connectivity index (χ1v) is 10.6. The van der Waals surface area contributed by atoms with Crippen LogP contribution in [0.1, 0.15) is 24.5 Å². The van der Waals surface area contributed by atoms with Crippen LogP contribution < -0.4 is 10.6 Å². The molecule has 1 fully saturated rings. The second-order valence-corrected chi connectivity index (χ2v) is 7.65. The molecule has 1 saturated heterocycles. The maximum atomic E-state index is 12.4. The fourth-order valence-electron chi connectivity index (χ4n) is 3.64. The Balaban J connectivity index is 0.00000363. The number of guanidine groups is 1. The zero-order valence-electron chi connectivity index (χ0n) is 18.2. The van der Waals surface area contributed by atoms with Crippen LogP contribution in [0, 0.1) is 16.0 Å². The van der Waals surface area contributed by atoms with E-state index in [1.807, 2.05) is 36.1 Å². The van der Waals surface area contributed by atoms with Crippen LogP contribution >= 0.6 is 24.0 Å². The number of nitro groups is 1. The number of aliphatic imine (C=N–C) groups is 1. The largest absolute Gasteiger partial charge is 0.357 e. The van der Waals surface area contributed by atoms with Crippen LogP contribution in [0.25, 0.3) is 0 Å². The van der Waals surface area contributed by atoms with Crippen molar-refractivity contribution in [2.75, 3.05) is 26.2 Å². The lowest BCUT2D eigenvalue weighted by Crippen LogP contribution is -2.40. The topological polar surface area (TPSA) is 99.9 Å². The molecule has 0 aromatic heterocycles. The summed E-state index contributed by atoms with van der Waals surface area (Å²) < 4.78 is 0. The fraction of sp³-hybridized carbons (Fsp3) is 0.391. The van der Waals surface area contributed by atoms with Gasteiger partial charge in [0, 0.05) is 50.7 Å². The number of carbonyl (C=O) groups excluding carboxylic acids is 1. The Bertz CT molecular complexity index is 923. The minimum atomic E-state index is -0.405. The van der Waals surface area contributed by atoms with E-state index >= 15 is 0 Å². The predicted octanol–water partition coefficient (Wildman–Crippen LogP) is 3.36. The quantitative estimate of drug-likeness (QED) is 0.164. The summed E-state index contributed by atoms with van der Waals surface area (Å²) in [5.74, 6) is 1.07. The van der Waals surface area contributed by atoms with E-state index in [0.717, 1.165) is 25.1 Å². The number of halogens is 1. The Hall–Kier alpha value is -2.69. The molecule has 32 heavy (non-hydrogen) atoms. The Morgan fingerprint density at radius 1 is 1.16 bits per heavy atom. The summed E-state index contributed by atoms with van der Waals surface area (Å²) in [5, 5.41) is 17.4. The van der Waals surface area contributed by atoms with Gasteiger partial charge in [0.15, 0.2) is 5.96 Å². The maximum absolute atomic E-state index is 12.4. The van der Waals surface area contributed by atoms with Crippen molar-refractivity contribution in [3.63, 3.8) is 0 Å². The highest BCUT2D eigenvalue weighted by atomic mass is 127. The van der Waals surface area contributed by atoms with Gasteiger partial charge in [0.1, 0.15) is 0 Å². The predicted molar refractivity (Wildman–Crippen MR) is 136 cm³/mol. The zero-order valence-corrected chi connectivity index (χ0v) is 20.5. The lowest BCUT2D eigenvalue weighted by molar-refractivity contribution is -0.384. The first kappa shape index (κ1) is 25.6. The molecule has 1 aliphatic heterocycles. The molecule has 172 valence electrons. The van der Waals surface area contributed by atoms with Crippen molar-refractivity contribution in [2.45, 2.75) is 26.3 Å². The van der Waals surface area contributed by atoms with E-state index in [2.05, 4.69) is 27.8 Å². The Morgan fingerprint density at radius 3 is 2.62 bits per heavy atom. The van der Waals surface area contributed by atoms with E-state index < -0.39 is 4.92 Å². The smallest absolute Gasteiger partial charge is 0.269 e. The highest BCUT2D eigenvalue weighted by Gasteiger charge is 2.29. The van der Waals surface area contributed by atoms with Gasteiger partial charge in [0.05, 0.1) is 11.5 Å². The number of benzene rings is 2. The van der Waals surface area contributed by atoms with Gasteiger partial charge >= 0.3 is 0 Å². The van der Waals surface area contributed by atoms with Crippen molar-refractivity contribution < 1.29 is 9.72 Å². The van der Waals surface area contributed by atoms with E-state index in [9.17, 15) is 14.9 Å². The molecule has 2 aromatic carbocycles. The van der Waals surface area contributed by atoms with Gasteiger partial charge in [-0.25, -0.2) is 4.99 Å². The van der Waals surface area contributed by atoms with Crippen molar-refractivity contribution in [3.05, 3.63) is 75.8 Å². The Morgan fingerprint density at radius 2 is 1.91 bits per heavy atom. The highest BCUT2D eigenvalue weighted by molar-refractivity contribution is 14.0. The second kappa shape index (κ2) is 13.0. The summed E-state index contributed by atoms with van der Waals surface area (Å²) in [6.07, 6.45) is 1.39. The molecule has 1 aliphatic rings. The van der Waals surface area contributed by atoms with Gasteiger partial charge < -0.3 is 15.5 Å². The van der Waals surface area contributed by atoms with Crippen LogP contribution in [0.2, 0.25) is 0 Å². The Kier molecular flexibility index (Phi) is 10.4. The molecule has 0 saturated carbocycles. The summed E-state index contributed by atoms with van der Waals surface area (Å²) in [7, 11) is 0. The van der Waals surface area contributed by atoms with Gasteiger partial charge in [-0.1, -0.05) is 42.5 Å². The van der Waals surface area contributed by atoms with E-state index in [1.165, 1.54) is 17.7 Å². The van der Waals surface area contributed by atoms with Crippen LogP contribution in [0.3, 0.4) is 0 Å². The molecule has 1 heterocycles. The van der Waals surface area contributed by atoms with Crippen molar-refractivity contribution >= 4 is 41.5 Å².